The summed E-state index contributed by atoms with van der Waals surface area (Å²) in [5.41, 5.74) is 0.856. The molecule has 3 rings (SSSR count). The van der Waals surface area contributed by atoms with E-state index in [9.17, 15) is 19.6 Å². The Morgan fingerprint density at radius 3 is 2.58 bits per heavy atom. The fourth-order valence-electron chi connectivity index (χ4n) is 4.35. The van der Waals surface area contributed by atoms with Crippen molar-refractivity contribution in [2.45, 2.75) is 72.5 Å². The predicted octanol–water partition coefficient (Wildman–Crippen LogP) is 2.77. The van der Waals surface area contributed by atoms with E-state index in [1.54, 1.807) is 20.8 Å². The van der Waals surface area contributed by atoms with Crippen LogP contribution in [-0.2, 0) is 28.0 Å². The van der Waals surface area contributed by atoms with Crippen LogP contribution in [0.3, 0.4) is 0 Å². The molecule has 1 aliphatic heterocycles. The summed E-state index contributed by atoms with van der Waals surface area (Å²) in [6, 6.07) is 1.88. The molecule has 0 radical (unpaired) electrons. The van der Waals surface area contributed by atoms with Gasteiger partial charge in [-0.15, -0.1) is 11.3 Å². The van der Waals surface area contributed by atoms with E-state index < -0.39 is 23.0 Å². The van der Waals surface area contributed by atoms with Crippen LogP contribution in [0.15, 0.2) is 4.79 Å². The van der Waals surface area contributed by atoms with Gasteiger partial charge in [0.2, 0.25) is 5.91 Å². The van der Waals surface area contributed by atoms with E-state index in [4.69, 9.17) is 4.74 Å². The van der Waals surface area contributed by atoms with E-state index in [0.29, 0.717) is 28.2 Å². The van der Waals surface area contributed by atoms with Crippen molar-refractivity contribution in [3.63, 3.8) is 0 Å². The highest BCUT2D eigenvalue weighted by atomic mass is 32.1. The number of nitrogens with one attached hydrogen (secondary N) is 2. The summed E-state index contributed by atoms with van der Waals surface area (Å²) in [5, 5.41) is 20.2. The van der Waals surface area contributed by atoms with Crippen molar-refractivity contribution in [3.8, 4) is 6.07 Å². The van der Waals surface area contributed by atoms with Gasteiger partial charge in [0.1, 0.15) is 23.2 Å². The zero-order chi connectivity index (χ0) is 24.7. The van der Waals surface area contributed by atoms with E-state index in [1.807, 2.05) is 19.9 Å². The van der Waals surface area contributed by atoms with Gasteiger partial charge in [-0.1, -0.05) is 0 Å². The van der Waals surface area contributed by atoms with E-state index in [1.165, 1.54) is 11.3 Å². The Morgan fingerprint density at radius 2 is 1.97 bits per heavy atom. The minimum absolute atomic E-state index is 0.0378. The largest absolute Gasteiger partial charge is 0.462 e. The SMILES string of the molecule is CCOC(=O)c1c(NC(=O)Cn2nc(C)c(C)c(C#N)c2=O)sc2c1CC(C)(C)NC2(C)C. The lowest BCUT2D eigenvalue weighted by Crippen LogP contribution is -2.55. The van der Waals surface area contributed by atoms with Gasteiger partial charge in [-0.3, -0.25) is 9.59 Å². The summed E-state index contributed by atoms with van der Waals surface area (Å²) in [5.74, 6) is -1.02. The number of hydrogen-bond donors (Lipinski definition) is 2. The molecule has 0 saturated heterocycles. The first-order chi connectivity index (χ1) is 15.3. The maximum Gasteiger partial charge on any atom is 0.341 e. The highest BCUT2D eigenvalue weighted by Gasteiger charge is 2.42. The number of anilines is 1. The van der Waals surface area contributed by atoms with Crippen molar-refractivity contribution in [2.24, 2.45) is 0 Å². The molecule has 9 nitrogen and oxygen atoms in total. The molecular weight excluding hydrogens is 442 g/mol. The lowest BCUT2D eigenvalue weighted by Gasteiger charge is -2.42. The number of nitrogens with zero attached hydrogens (tertiary/aromatic N) is 3. The Bertz CT molecular complexity index is 1230. The van der Waals surface area contributed by atoms with Crippen molar-refractivity contribution < 1.29 is 14.3 Å². The molecule has 2 N–H and O–H groups in total. The molecule has 176 valence electrons. The Balaban J connectivity index is 2.01. The van der Waals surface area contributed by atoms with Crippen LogP contribution in [0.1, 0.15) is 72.2 Å². The second kappa shape index (κ2) is 8.72. The quantitative estimate of drug-likeness (QED) is 0.642. The van der Waals surface area contributed by atoms with Gasteiger partial charge in [-0.2, -0.15) is 10.4 Å². The summed E-state index contributed by atoms with van der Waals surface area (Å²) in [4.78, 5) is 39.3. The third-order valence-electron chi connectivity index (χ3n) is 5.62. The summed E-state index contributed by atoms with van der Waals surface area (Å²) in [6.45, 7) is 13.1. The number of carbonyl (C=O) groups is 2. The fraction of sp³-hybridized carbons (Fsp3) is 0.522. The van der Waals surface area contributed by atoms with Crippen LogP contribution in [0.2, 0.25) is 0 Å². The highest BCUT2D eigenvalue weighted by molar-refractivity contribution is 7.17. The van der Waals surface area contributed by atoms with Crippen LogP contribution < -0.4 is 16.2 Å². The average molecular weight is 472 g/mol. The second-order valence-electron chi connectivity index (χ2n) is 9.35. The van der Waals surface area contributed by atoms with Gasteiger partial charge in [0.15, 0.2) is 0 Å². The van der Waals surface area contributed by atoms with E-state index in [2.05, 4.69) is 29.6 Å². The number of thiophene rings is 1. The first-order valence-electron chi connectivity index (χ1n) is 10.7. The fourth-order valence-corrected chi connectivity index (χ4v) is 5.63. The molecule has 0 saturated carbocycles. The van der Waals surface area contributed by atoms with Gasteiger partial charge >= 0.3 is 5.97 Å². The smallest absolute Gasteiger partial charge is 0.341 e. The molecule has 0 spiro atoms. The molecule has 2 aromatic rings. The molecule has 33 heavy (non-hydrogen) atoms. The lowest BCUT2D eigenvalue weighted by molar-refractivity contribution is -0.117. The number of aryl methyl sites for hydroxylation is 1. The number of hydrogen-bond acceptors (Lipinski definition) is 8. The summed E-state index contributed by atoms with van der Waals surface area (Å²) < 4.78 is 6.27. The third-order valence-corrected chi connectivity index (χ3v) is 7.09. The Morgan fingerprint density at radius 1 is 1.30 bits per heavy atom. The molecule has 0 aromatic carbocycles. The molecule has 3 heterocycles. The number of ether oxygens (including phenoxy) is 1. The van der Waals surface area contributed by atoms with Crippen LogP contribution in [0.25, 0.3) is 0 Å². The number of rotatable bonds is 5. The van der Waals surface area contributed by atoms with Crippen LogP contribution in [0.5, 0.6) is 0 Å². The van der Waals surface area contributed by atoms with Gasteiger partial charge in [0.25, 0.3) is 5.56 Å². The molecule has 0 bridgehead atoms. The second-order valence-corrected chi connectivity index (χ2v) is 10.4. The Labute approximate surface area is 196 Å². The van der Waals surface area contributed by atoms with E-state index >= 15 is 0 Å². The van der Waals surface area contributed by atoms with Crippen molar-refractivity contribution in [3.05, 3.63) is 43.2 Å². The number of fused-ring (bicyclic) bond motifs is 1. The van der Waals surface area contributed by atoms with Crippen molar-refractivity contribution >= 4 is 28.2 Å². The minimum Gasteiger partial charge on any atom is -0.462 e. The maximum atomic E-state index is 12.9. The third kappa shape index (κ3) is 4.70. The van der Waals surface area contributed by atoms with Crippen LogP contribution in [0.4, 0.5) is 5.00 Å². The van der Waals surface area contributed by atoms with Gasteiger partial charge in [0.05, 0.1) is 17.9 Å². The Hall–Kier alpha value is -3.03. The number of esters is 1. The lowest BCUT2D eigenvalue weighted by atomic mass is 9.81. The van der Waals surface area contributed by atoms with E-state index in [-0.39, 0.29) is 24.3 Å². The monoisotopic (exact) mass is 471 g/mol. The number of nitriles is 1. The van der Waals surface area contributed by atoms with Gasteiger partial charge in [-0.25, -0.2) is 9.48 Å². The van der Waals surface area contributed by atoms with Gasteiger partial charge in [0, 0.05) is 16.0 Å². The van der Waals surface area contributed by atoms with Crippen LogP contribution >= 0.6 is 11.3 Å². The molecular formula is C23H29N5O4S. The number of amides is 1. The first-order valence-corrected chi connectivity index (χ1v) is 11.5. The van der Waals surface area contributed by atoms with Crippen molar-refractivity contribution in [1.82, 2.24) is 15.1 Å². The predicted molar refractivity (Wildman–Crippen MR) is 126 cm³/mol. The van der Waals surface area contributed by atoms with Crippen molar-refractivity contribution in [2.75, 3.05) is 11.9 Å². The molecule has 1 amide bonds. The number of carbonyl (C=O) groups excluding carboxylic acids is 2. The summed E-state index contributed by atoms with van der Waals surface area (Å²) in [6.07, 6.45) is 0.593. The standard InChI is InChI=1S/C23H29N5O4S/c1-8-32-21(31)17-14-9-22(4,5)27-23(6,7)18(14)33-19(17)25-16(29)11-28-20(30)15(10-24)12(2)13(3)26-28/h27H,8-9,11H2,1-7H3,(H,25,29). The average Bonchev–Trinajstić information content (AvgIpc) is 3.03. The number of aromatic nitrogens is 2. The molecule has 0 aliphatic carbocycles. The molecule has 0 unspecified atom stereocenters. The molecule has 0 atom stereocenters. The zero-order valence-corrected chi connectivity index (χ0v) is 20.8. The molecule has 1 aliphatic rings. The molecule has 0 fully saturated rings. The van der Waals surface area contributed by atoms with Crippen LogP contribution in [-0.4, -0.2) is 33.8 Å². The highest BCUT2D eigenvalue weighted by Crippen LogP contribution is 2.45. The minimum atomic E-state index is -0.626. The van der Waals surface area contributed by atoms with E-state index in [0.717, 1.165) is 15.1 Å². The van der Waals surface area contributed by atoms with Gasteiger partial charge < -0.3 is 15.4 Å². The van der Waals surface area contributed by atoms with Gasteiger partial charge in [-0.05, 0) is 66.0 Å². The normalized spacial score (nSPS) is 15.9. The summed E-state index contributed by atoms with van der Waals surface area (Å²) >= 11 is 1.32. The maximum absolute atomic E-state index is 12.9. The Kier molecular flexibility index (Phi) is 6.51. The molecule has 2 aromatic heterocycles. The first kappa shape index (κ1) is 24.6. The topological polar surface area (TPSA) is 126 Å². The zero-order valence-electron chi connectivity index (χ0n) is 20.0. The van der Waals surface area contributed by atoms with Crippen LogP contribution in [0, 0.1) is 25.2 Å². The van der Waals surface area contributed by atoms with Crippen molar-refractivity contribution in [1.29, 1.82) is 5.26 Å². The molecule has 10 heteroatoms. The summed E-state index contributed by atoms with van der Waals surface area (Å²) in [7, 11) is 0.